The average Bonchev–Trinajstić information content (AvgIpc) is 2.62. The van der Waals surface area contributed by atoms with Crippen molar-refractivity contribution in [2.45, 2.75) is 6.92 Å². The first-order valence-electron chi connectivity index (χ1n) is 8.23. The van der Waals surface area contributed by atoms with Crippen LogP contribution in [0.5, 0.6) is 0 Å². The summed E-state index contributed by atoms with van der Waals surface area (Å²) in [6, 6.07) is 21.0. The number of aromatic nitrogens is 2. The van der Waals surface area contributed by atoms with Gasteiger partial charge in [0.05, 0.1) is 16.6 Å². The fraction of sp³-hybridized carbons (Fsp3) is 0.0476. The summed E-state index contributed by atoms with van der Waals surface area (Å²) < 4.78 is 0. The largest absolute Gasteiger partial charge is 0.342 e. The van der Waals surface area contributed by atoms with E-state index in [-0.39, 0.29) is 10.6 Å². The molecule has 0 saturated heterocycles. The number of nitrogens with one attached hydrogen (secondary N) is 2. The highest BCUT2D eigenvalue weighted by Crippen LogP contribution is 2.28. The maximum absolute atomic E-state index is 12.5. The Labute approximate surface area is 155 Å². The molecule has 4 nitrogen and oxygen atoms in total. The van der Waals surface area contributed by atoms with Crippen LogP contribution < -0.4 is 10.7 Å². The molecule has 0 fully saturated rings. The Bertz CT molecular complexity index is 1150. The average molecular weight is 362 g/mol. The zero-order valence-corrected chi connectivity index (χ0v) is 14.8. The third kappa shape index (κ3) is 3.07. The van der Waals surface area contributed by atoms with Crippen molar-refractivity contribution in [1.29, 1.82) is 0 Å². The van der Waals surface area contributed by atoms with Crippen molar-refractivity contribution >= 4 is 34.0 Å². The van der Waals surface area contributed by atoms with Crippen molar-refractivity contribution in [2.24, 2.45) is 0 Å². The minimum absolute atomic E-state index is 0.175. The smallest absolute Gasteiger partial charge is 0.194 e. The van der Waals surface area contributed by atoms with Gasteiger partial charge in [-0.1, -0.05) is 54.1 Å². The van der Waals surface area contributed by atoms with Crippen molar-refractivity contribution in [2.75, 3.05) is 5.32 Å². The van der Waals surface area contributed by atoms with Gasteiger partial charge in [-0.15, -0.1) is 0 Å². The Morgan fingerprint density at radius 3 is 2.50 bits per heavy atom. The SMILES string of the molecule is Cc1ccccc1-c1cc2[nH]c(Nc3ccccc3)cc(=O)c2c(Cl)n1. The van der Waals surface area contributed by atoms with Gasteiger partial charge in [-0.3, -0.25) is 4.79 Å². The Kier molecular flexibility index (Phi) is 4.19. The van der Waals surface area contributed by atoms with Gasteiger partial charge < -0.3 is 10.3 Å². The Balaban J connectivity index is 1.87. The number of pyridine rings is 2. The molecule has 2 heterocycles. The van der Waals surface area contributed by atoms with E-state index in [1.807, 2.05) is 67.6 Å². The molecule has 0 aliphatic carbocycles. The molecule has 128 valence electrons. The van der Waals surface area contributed by atoms with E-state index in [4.69, 9.17) is 11.6 Å². The number of benzene rings is 2. The van der Waals surface area contributed by atoms with Crippen molar-refractivity contribution in [3.05, 3.63) is 87.7 Å². The summed E-state index contributed by atoms with van der Waals surface area (Å²) in [7, 11) is 0. The lowest BCUT2D eigenvalue weighted by Gasteiger charge is -2.10. The van der Waals surface area contributed by atoms with Crippen LogP contribution in [0.3, 0.4) is 0 Å². The van der Waals surface area contributed by atoms with Gasteiger partial charge in [0.2, 0.25) is 0 Å². The second kappa shape index (κ2) is 6.65. The van der Waals surface area contributed by atoms with Crippen molar-refractivity contribution in [3.63, 3.8) is 0 Å². The zero-order valence-electron chi connectivity index (χ0n) is 14.1. The van der Waals surface area contributed by atoms with E-state index < -0.39 is 0 Å². The number of hydrogen-bond donors (Lipinski definition) is 2. The molecule has 0 spiro atoms. The third-order valence-corrected chi connectivity index (χ3v) is 4.51. The van der Waals surface area contributed by atoms with Gasteiger partial charge in [-0.05, 0) is 30.7 Å². The van der Waals surface area contributed by atoms with Crippen molar-refractivity contribution < 1.29 is 0 Å². The predicted molar refractivity (Wildman–Crippen MR) is 107 cm³/mol. The van der Waals surface area contributed by atoms with Gasteiger partial charge in [0, 0.05) is 17.3 Å². The molecular weight excluding hydrogens is 346 g/mol. The van der Waals surface area contributed by atoms with Crippen LogP contribution >= 0.6 is 11.6 Å². The van der Waals surface area contributed by atoms with Crippen LogP contribution in [0.2, 0.25) is 5.15 Å². The van der Waals surface area contributed by atoms with Gasteiger partial charge in [0.15, 0.2) is 5.43 Å². The summed E-state index contributed by atoms with van der Waals surface area (Å²) in [5.41, 5.74) is 4.17. The molecule has 0 amide bonds. The molecule has 5 heteroatoms. The Morgan fingerprint density at radius 1 is 1.00 bits per heavy atom. The number of fused-ring (bicyclic) bond motifs is 1. The maximum Gasteiger partial charge on any atom is 0.194 e. The van der Waals surface area contributed by atoms with Crippen LogP contribution in [0.15, 0.2) is 71.5 Å². The number of H-pyrrole nitrogens is 1. The van der Waals surface area contributed by atoms with Gasteiger partial charge in [0.25, 0.3) is 0 Å². The highest BCUT2D eigenvalue weighted by atomic mass is 35.5. The van der Waals surface area contributed by atoms with Gasteiger partial charge in [-0.2, -0.15) is 0 Å². The van der Waals surface area contributed by atoms with E-state index in [9.17, 15) is 4.79 Å². The molecule has 0 unspecified atom stereocenters. The van der Waals surface area contributed by atoms with Crippen molar-refractivity contribution in [1.82, 2.24) is 9.97 Å². The summed E-state index contributed by atoms with van der Waals surface area (Å²) in [5.74, 6) is 0.603. The molecule has 0 radical (unpaired) electrons. The molecule has 0 atom stereocenters. The number of aryl methyl sites for hydroxylation is 1. The quantitative estimate of drug-likeness (QED) is 0.487. The van der Waals surface area contributed by atoms with E-state index in [1.165, 1.54) is 6.07 Å². The van der Waals surface area contributed by atoms with Crippen LogP contribution in [0.1, 0.15) is 5.56 Å². The molecule has 0 saturated carbocycles. The zero-order chi connectivity index (χ0) is 18.1. The fourth-order valence-electron chi connectivity index (χ4n) is 2.97. The number of anilines is 2. The molecule has 4 rings (SSSR count). The predicted octanol–water partition coefficient (Wildman–Crippen LogP) is 5.30. The van der Waals surface area contributed by atoms with Crippen LogP contribution in [-0.2, 0) is 0 Å². The number of halogens is 1. The summed E-state index contributed by atoms with van der Waals surface area (Å²) in [5, 5.41) is 3.80. The van der Waals surface area contributed by atoms with Gasteiger partial charge >= 0.3 is 0 Å². The van der Waals surface area contributed by atoms with E-state index >= 15 is 0 Å². The highest BCUT2D eigenvalue weighted by molar-refractivity contribution is 6.34. The monoisotopic (exact) mass is 361 g/mol. The van der Waals surface area contributed by atoms with Crippen LogP contribution in [0, 0.1) is 6.92 Å². The highest BCUT2D eigenvalue weighted by Gasteiger charge is 2.12. The molecule has 0 aliphatic rings. The molecule has 26 heavy (non-hydrogen) atoms. The first-order valence-corrected chi connectivity index (χ1v) is 8.61. The molecule has 2 aromatic heterocycles. The lowest BCUT2D eigenvalue weighted by molar-refractivity contribution is 1.29. The van der Waals surface area contributed by atoms with Crippen molar-refractivity contribution in [3.8, 4) is 11.3 Å². The number of para-hydroxylation sites is 1. The van der Waals surface area contributed by atoms with Gasteiger partial charge in [0.1, 0.15) is 11.0 Å². The normalized spacial score (nSPS) is 10.8. The number of hydrogen-bond acceptors (Lipinski definition) is 3. The molecule has 2 aromatic carbocycles. The number of aromatic amines is 1. The van der Waals surface area contributed by atoms with Gasteiger partial charge in [-0.25, -0.2) is 4.98 Å². The standard InChI is InChI=1S/C21H16ClN3O/c1-13-7-5-6-10-15(13)16-11-17-20(21(22)25-16)18(26)12-19(24-17)23-14-8-3-2-4-9-14/h2-12H,1H3,(H2,23,24,26). The summed E-state index contributed by atoms with van der Waals surface area (Å²) >= 11 is 6.33. The fourth-order valence-corrected chi connectivity index (χ4v) is 3.26. The van der Waals surface area contributed by atoms with Crippen LogP contribution in [0.25, 0.3) is 22.2 Å². The number of rotatable bonds is 3. The van der Waals surface area contributed by atoms with E-state index in [0.29, 0.717) is 16.7 Å². The van der Waals surface area contributed by atoms with E-state index in [1.54, 1.807) is 0 Å². The topological polar surface area (TPSA) is 57.8 Å². The lowest BCUT2D eigenvalue weighted by atomic mass is 10.0. The molecule has 0 bridgehead atoms. The first-order chi connectivity index (χ1) is 12.6. The van der Waals surface area contributed by atoms with E-state index in [2.05, 4.69) is 15.3 Å². The second-order valence-corrected chi connectivity index (χ2v) is 6.43. The lowest BCUT2D eigenvalue weighted by Crippen LogP contribution is -2.07. The molecular formula is C21H16ClN3O. The van der Waals surface area contributed by atoms with Crippen LogP contribution in [0.4, 0.5) is 11.5 Å². The molecule has 4 aromatic rings. The Hall–Kier alpha value is -3.11. The molecule has 2 N–H and O–H groups in total. The second-order valence-electron chi connectivity index (χ2n) is 6.07. The summed E-state index contributed by atoms with van der Waals surface area (Å²) in [4.78, 5) is 20.2. The minimum Gasteiger partial charge on any atom is -0.342 e. The first kappa shape index (κ1) is 16.4. The minimum atomic E-state index is -0.175. The number of nitrogens with zero attached hydrogens (tertiary/aromatic N) is 1. The maximum atomic E-state index is 12.5. The summed E-state index contributed by atoms with van der Waals surface area (Å²) in [6.07, 6.45) is 0. The summed E-state index contributed by atoms with van der Waals surface area (Å²) in [6.45, 7) is 2.02. The Morgan fingerprint density at radius 2 is 1.73 bits per heavy atom. The molecule has 0 aliphatic heterocycles. The van der Waals surface area contributed by atoms with Crippen LogP contribution in [-0.4, -0.2) is 9.97 Å². The third-order valence-electron chi connectivity index (χ3n) is 4.24. The van der Waals surface area contributed by atoms with E-state index in [0.717, 1.165) is 22.5 Å².